The van der Waals surface area contributed by atoms with Crippen molar-refractivity contribution in [3.63, 3.8) is 0 Å². The predicted octanol–water partition coefficient (Wildman–Crippen LogP) is 6.54. The number of aryl methyl sites for hydroxylation is 2. The van der Waals surface area contributed by atoms with Gasteiger partial charge in [-0.3, -0.25) is 14.6 Å². The van der Waals surface area contributed by atoms with E-state index in [4.69, 9.17) is 31.0 Å². The van der Waals surface area contributed by atoms with Crippen molar-refractivity contribution in [3.05, 3.63) is 69.0 Å². The number of halogens is 1. The van der Waals surface area contributed by atoms with Crippen LogP contribution in [0.3, 0.4) is 0 Å². The van der Waals surface area contributed by atoms with Crippen LogP contribution in [-0.2, 0) is 4.74 Å². The highest BCUT2D eigenvalue weighted by atomic mass is 35.5. The Hall–Kier alpha value is -4.64. The van der Waals surface area contributed by atoms with Gasteiger partial charge < -0.3 is 19.3 Å². The van der Waals surface area contributed by atoms with Crippen LogP contribution in [0.25, 0.3) is 38.6 Å². The largest absolute Gasteiger partial charge is 0.489 e. The first-order valence-electron chi connectivity index (χ1n) is 15.9. The summed E-state index contributed by atoms with van der Waals surface area (Å²) in [5.74, 6) is 0.972. The summed E-state index contributed by atoms with van der Waals surface area (Å²) in [5.41, 5.74) is 5.40. The molecule has 1 saturated heterocycles. The van der Waals surface area contributed by atoms with E-state index >= 15 is 0 Å². The Morgan fingerprint density at radius 3 is 2.68 bits per heavy atom. The molecular formula is C35H38ClN7O4. The summed E-state index contributed by atoms with van der Waals surface area (Å²) in [6.07, 6.45) is 3.17. The van der Waals surface area contributed by atoms with E-state index in [-0.39, 0.29) is 24.7 Å². The van der Waals surface area contributed by atoms with Crippen LogP contribution in [0.15, 0.2) is 41.5 Å². The summed E-state index contributed by atoms with van der Waals surface area (Å²) < 4.78 is 14.0. The highest BCUT2D eigenvalue weighted by Crippen LogP contribution is 2.48. The molecule has 5 aromatic rings. The Kier molecular flexibility index (Phi) is 7.42. The minimum Gasteiger partial charge on any atom is -0.489 e. The molecular weight excluding hydrogens is 618 g/mol. The first-order chi connectivity index (χ1) is 22.3. The fourth-order valence-electron chi connectivity index (χ4n) is 6.77. The van der Waals surface area contributed by atoms with Gasteiger partial charge in [0.1, 0.15) is 18.0 Å². The number of amides is 1. The monoisotopic (exact) mass is 655 g/mol. The molecule has 2 aromatic carbocycles. The van der Waals surface area contributed by atoms with E-state index in [1.807, 2.05) is 58.9 Å². The van der Waals surface area contributed by atoms with Crippen LogP contribution in [0.2, 0.25) is 5.02 Å². The predicted molar refractivity (Wildman–Crippen MR) is 183 cm³/mol. The van der Waals surface area contributed by atoms with E-state index < -0.39 is 11.3 Å². The Morgan fingerprint density at radius 2 is 1.94 bits per heavy atom. The minimum atomic E-state index is -0.623. The van der Waals surface area contributed by atoms with Gasteiger partial charge in [0.15, 0.2) is 5.75 Å². The molecule has 7 rings (SSSR count). The molecule has 12 heteroatoms. The third-order valence-corrected chi connectivity index (χ3v) is 9.29. The number of aromatic amines is 1. The zero-order chi connectivity index (χ0) is 33.4. The van der Waals surface area contributed by atoms with Gasteiger partial charge >= 0.3 is 11.8 Å². The quantitative estimate of drug-likeness (QED) is 0.233. The SMILES string of the molecule is Cc1ccnc(C(C)C)c1-n1c(=O)nc2c3c(c(Cl)c(-c4c(C)ccc5[nH]ncc45)cc31)OC[C@H]1CN(C(=O)OC(C)(C)C)CCN21. The van der Waals surface area contributed by atoms with Gasteiger partial charge in [-0.15, -0.1) is 0 Å². The number of nitrogens with zero attached hydrogens (tertiary/aromatic N) is 6. The Balaban J connectivity index is 1.50. The third kappa shape index (κ3) is 5.17. The number of anilines is 1. The number of hydrogen-bond donors (Lipinski definition) is 1. The molecule has 2 aliphatic rings. The van der Waals surface area contributed by atoms with Crippen LogP contribution in [0.4, 0.5) is 10.6 Å². The molecule has 0 unspecified atom stereocenters. The number of fused-ring (bicyclic) bond motifs is 3. The third-order valence-electron chi connectivity index (χ3n) is 8.91. The molecule has 1 atom stereocenters. The summed E-state index contributed by atoms with van der Waals surface area (Å²) in [7, 11) is 0. The lowest BCUT2D eigenvalue weighted by atomic mass is 9.95. The molecule has 0 saturated carbocycles. The number of nitrogens with one attached hydrogen (secondary N) is 1. The van der Waals surface area contributed by atoms with Gasteiger partial charge in [-0.05, 0) is 75.4 Å². The first kappa shape index (κ1) is 31.0. The number of piperazine rings is 1. The fraction of sp³-hybridized carbons (Fsp3) is 0.400. The summed E-state index contributed by atoms with van der Waals surface area (Å²) in [6, 6.07) is 7.59. The summed E-state index contributed by atoms with van der Waals surface area (Å²) in [5, 5.41) is 9.32. The smallest absolute Gasteiger partial charge is 0.410 e. The number of aromatic nitrogens is 5. The van der Waals surface area contributed by atoms with Crippen molar-refractivity contribution in [1.82, 2.24) is 29.6 Å². The number of benzene rings is 2. The van der Waals surface area contributed by atoms with Crippen molar-refractivity contribution in [1.29, 1.82) is 0 Å². The first-order valence-corrected chi connectivity index (χ1v) is 16.3. The molecule has 5 heterocycles. The molecule has 11 nitrogen and oxygen atoms in total. The van der Waals surface area contributed by atoms with E-state index in [2.05, 4.69) is 28.9 Å². The molecule has 1 N–H and O–H groups in total. The van der Waals surface area contributed by atoms with E-state index in [9.17, 15) is 9.59 Å². The normalized spacial score (nSPS) is 16.4. The van der Waals surface area contributed by atoms with Crippen molar-refractivity contribution >= 4 is 45.3 Å². The second-order valence-corrected chi connectivity index (χ2v) is 14.1. The number of hydrogen-bond acceptors (Lipinski definition) is 8. The van der Waals surface area contributed by atoms with Gasteiger partial charge in [0.25, 0.3) is 0 Å². The molecule has 0 aliphatic carbocycles. The highest BCUT2D eigenvalue weighted by Gasteiger charge is 2.38. The maximum Gasteiger partial charge on any atom is 0.410 e. The average Bonchev–Trinajstić information content (AvgIpc) is 3.42. The summed E-state index contributed by atoms with van der Waals surface area (Å²) in [4.78, 5) is 40.7. The molecule has 0 spiro atoms. The maximum atomic E-state index is 14.4. The van der Waals surface area contributed by atoms with Crippen molar-refractivity contribution in [3.8, 4) is 22.6 Å². The zero-order valence-electron chi connectivity index (χ0n) is 27.6. The van der Waals surface area contributed by atoms with Gasteiger partial charge in [-0.1, -0.05) is 31.5 Å². The van der Waals surface area contributed by atoms with Crippen LogP contribution in [0, 0.1) is 13.8 Å². The van der Waals surface area contributed by atoms with Crippen molar-refractivity contribution < 1.29 is 14.3 Å². The van der Waals surface area contributed by atoms with Gasteiger partial charge in [0.05, 0.1) is 45.1 Å². The number of carbonyl (C=O) groups excluding carboxylic acids is 1. The van der Waals surface area contributed by atoms with Gasteiger partial charge in [-0.2, -0.15) is 10.1 Å². The van der Waals surface area contributed by atoms with Crippen LogP contribution < -0.4 is 15.3 Å². The second kappa shape index (κ2) is 11.3. The number of ether oxygens (including phenoxy) is 2. The zero-order valence-corrected chi connectivity index (χ0v) is 28.4. The van der Waals surface area contributed by atoms with E-state index in [1.54, 1.807) is 21.9 Å². The standard InChI is InChI=1S/C35H38ClN7O4/c1-18(2)29-30(20(4)10-11-37-29)43-25-14-22(26-19(3)8-9-24-23(26)15-38-40-24)28(36)31-27(25)32(39-33(43)44)42-13-12-41(16-21(42)17-46-31)34(45)47-35(5,6)7/h8-11,14-15,18,21H,12-13,16-17H2,1-7H3,(H,38,40)/t21-/m1/s1. The maximum absolute atomic E-state index is 14.4. The average molecular weight is 656 g/mol. The molecule has 3 aromatic heterocycles. The molecule has 2 aliphatic heterocycles. The van der Waals surface area contributed by atoms with Crippen molar-refractivity contribution in [2.45, 2.75) is 66.0 Å². The lowest BCUT2D eigenvalue weighted by Gasteiger charge is -2.41. The fourth-order valence-corrected chi connectivity index (χ4v) is 7.07. The van der Waals surface area contributed by atoms with Crippen LogP contribution in [0.5, 0.6) is 5.75 Å². The lowest BCUT2D eigenvalue weighted by molar-refractivity contribution is 0.0202. The second-order valence-electron chi connectivity index (χ2n) is 13.7. The minimum absolute atomic E-state index is 0.0388. The van der Waals surface area contributed by atoms with Crippen LogP contribution in [0.1, 0.15) is 57.4 Å². The highest BCUT2D eigenvalue weighted by molar-refractivity contribution is 6.37. The van der Waals surface area contributed by atoms with E-state index in [0.717, 1.165) is 33.3 Å². The van der Waals surface area contributed by atoms with Crippen molar-refractivity contribution in [2.75, 3.05) is 31.1 Å². The topological polar surface area (TPSA) is 118 Å². The molecule has 0 bridgehead atoms. The summed E-state index contributed by atoms with van der Waals surface area (Å²) >= 11 is 7.35. The van der Waals surface area contributed by atoms with Crippen molar-refractivity contribution in [2.24, 2.45) is 0 Å². The number of carbonyl (C=O) groups is 1. The molecule has 47 heavy (non-hydrogen) atoms. The number of H-pyrrole nitrogens is 1. The van der Waals surface area contributed by atoms with Gasteiger partial charge in [-0.25, -0.2) is 9.59 Å². The van der Waals surface area contributed by atoms with E-state index in [1.165, 1.54) is 0 Å². The molecule has 1 fully saturated rings. The molecule has 1 amide bonds. The van der Waals surface area contributed by atoms with Crippen LogP contribution >= 0.6 is 11.6 Å². The lowest BCUT2D eigenvalue weighted by Crippen LogP contribution is -2.57. The summed E-state index contributed by atoms with van der Waals surface area (Å²) in [6.45, 7) is 15.1. The molecule has 244 valence electrons. The van der Waals surface area contributed by atoms with E-state index in [0.29, 0.717) is 58.4 Å². The number of rotatable bonds is 3. The van der Waals surface area contributed by atoms with Gasteiger partial charge in [0.2, 0.25) is 0 Å². The Morgan fingerprint density at radius 1 is 1.15 bits per heavy atom. The number of pyridine rings is 1. The van der Waals surface area contributed by atoms with Crippen LogP contribution in [-0.4, -0.2) is 73.6 Å². The molecule has 0 radical (unpaired) electrons. The Bertz CT molecular complexity index is 2130. The Labute approximate surface area is 277 Å². The van der Waals surface area contributed by atoms with Gasteiger partial charge in [0, 0.05) is 36.8 Å².